The van der Waals surface area contributed by atoms with E-state index in [0.29, 0.717) is 28.3 Å². The summed E-state index contributed by atoms with van der Waals surface area (Å²) in [5.41, 5.74) is 2.88. The van der Waals surface area contributed by atoms with Gasteiger partial charge in [-0.3, -0.25) is 4.79 Å². The third-order valence-corrected chi connectivity index (χ3v) is 8.08. The van der Waals surface area contributed by atoms with Crippen LogP contribution >= 0.6 is 0 Å². The number of benzene rings is 1. The summed E-state index contributed by atoms with van der Waals surface area (Å²) in [7, 11) is 3.69. The van der Waals surface area contributed by atoms with Crippen molar-refractivity contribution in [1.82, 2.24) is 9.55 Å². The van der Waals surface area contributed by atoms with E-state index in [2.05, 4.69) is 20.9 Å². The molecule has 0 unspecified atom stereocenters. The second kappa shape index (κ2) is 9.88. The van der Waals surface area contributed by atoms with Gasteiger partial charge in [0.1, 0.15) is 28.9 Å². The van der Waals surface area contributed by atoms with Crippen molar-refractivity contribution in [2.75, 3.05) is 23.4 Å². The predicted molar refractivity (Wildman–Crippen MR) is 137 cm³/mol. The topological polar surface area (TPSA) is 65.2 Å². The van der Waals surface area contributed by atoms with Crippen LogP contribution in [0.2, 0.25) is 0 Å². The maximum atomic E-state index is 14.1. The zero-order valence-electron chi connectivity index (χ0n) is 20.8. The average molecular weight is 492 g/mol. The van der Waals surface area contributed by atoms with E-state index >= 15 is 0 Å². The monoisotopic (exact) mass is 491 g/mol. The van der Waals surface area contributed by atoms with Crippen LogP contribution in [0, 0.1) is 28.9 Å². The van der Waals surface area contributed by atoms with E-state index in [0.717, 1.165) is 44.0 Å². The fourth-order valence-corrected chi connectivity index (χ4v) is 5.72. The smallest absolute Gasteiger partial charge is 0.252 e. The molecule has 36 heavy (non-hydrogen) atoms. The molecule has 0 saturated heterocycles. The van der Waals surface area contributed by atoms with Gasteiger partial charge in [0, 0.05) is 50.5 Å². The lowest BCUT2D eigenvalue weighted by atomic mass is 9.83. The van der Waals surface area contributed by atoms with Crippen molar-refractivity contribution in [3.05, 3.63) is 64.1 Å². The van der Waals surface area contributed by atoms with Crippen LogP contribution in [-0.4, -0.2) is 35.2 Å². The standard InChI is InChI=1S/C28H31F2N5O/c1-33(26-15-27(36)34(2)25-11-6-21(16-31)32-28(25)26)22-7-9-23(10-8-22)35(17-18-4-3-5-18)24-13-19(29)12-20(30)14-24/h6,11-15,18,22-23H,3-5,7-10,17H2,1-2H3/t22-,23+. The van der Waals surface area contributed by atoms with Crippen LogP contribution in [0.4, 0.5) is 20.2 Å². The van der Waals surface area contributed by atoms with E-state index in [4.69, 9.17) is 0 Å². The molecular weight excluding hydrogens is 460 g/mol. The van der Waals surface area contributed by atoms with E-state index in [9.17, 15) is 18.8 Å². The molecule has 5 rings (SSSR count). The third-order valence-electron chi connectivity index (χ3n) is 8.08. The number of halogens is 2. The summed E-state index contributed by atoms with van der Waals surface area (Å²) in [5, 5.41) is 9.35. The minimum absolute atomic E-state index is 0.121. The zero-order chi connectivity index (χ0) is 25.4. The number of hydrogen-bond donors (Lipinski definition) is 0. The minimum atomic E-state index is -0.543. The lowest BCUT2D eigenvalue weighted by Crippen LogP contribution is -2.46. The Morgan fingerprint density at radius 1 is 1.03 bits per heavy atom. The van der Waals surface area contributed by atoms with E-state index in [-0.39, 0.29) is 17.6 Å². The Balaban J connectivity index is 1.38. The second-order valence-corrected chi connectivity index (χ2v) is 10.3. The first kappa shape index (κ1) is 24.2. The maximum Gasteiger partial charge on any atom is 0.252 e. The van der Waals surface area contributed by atoms with Gasteiger partial charge in [-0.25, -0.2) is 13.8 Å². The second-order valence-electron chi connectivity index (χ2n) is 10.3. The van der Waals surface area contributed by atoms with Gasteiger partial charge in [-0.05, 0) is 68.7 Å². The molecule has 2 heterocycles. The van der Waals surface area contributed by atoms with Gasteiger partial charge in [-0.1, -0.05) is 6.42 Å². The number of fused-ring (bicyclic) bond motifs is 1. The molecule has 2 aliphatic carbocycles. The summed E-state index contributed by atoms with van der Waals surface area (Å²) in [6.07, 6.45) is 7.10. The van der Waals surface area contributed by atoms with Gasteiger partial charge < -0.3 is 14.4 Å². The molecule has 2 aliphatic rings. The summed E-state index contributed by atoms with van der Waals surface area (Å²) < 4.78 is 29.7. The first-order valence-corrected chi connectivity index (χ1v) is 12.7. The van der Waals surface area contributed by atoms with Gasteiger partial charge in [0.25, 0.3) is 5.56 Å². The summed E-state index contributed by atoms with van der Waals surface area (Å²) in [6.45, 7) is 0.828. The Labute approximate surface area is 209 Å². The highest BCUT2D eigenvalue weighted by Gasteiger charge is 2.32. The van der Waals surface area contributed by atoms with Crippen molar-refractivity contribution in [3.63, 3.8) is 0 Å². The van der Waals surface area contributed by atoms with Crippen LogP contribution in [0.15, 0.2) is 41.2 Å². The quantitative estimate of drug-likeness (QED) is 0.478. The van der Waals surface area contributed by atoms with Crippen molar-refractivity contribution in [1.29, 1.82) is 5.26 Å². The molecule has 0 N–H and O–H groups in total. The van der Waals surface area contributed by atoms with Crippen molar-refractivity contribution >= 4 is 22.4 Å². The molecule has 2 aromatic heterocycles. The highest BCUT2D eigenvalue weighted by atomic mass is 19.1. The molecule has 2 fully saturated rings. The summed E-state index contributed by atoms with van der Waals surface area (Å²) >= 11 is 0. The molecule has 8 heteroatoms. The van der Waals surface area contributed by atoms with Gasteiger partial charge in [0.15, 0.2) is 0 Å². The van der Waals surface area contributed by atoms with Crippen molar-refractivity contribution in [2.45, 2.75) is 57.0 Å². The van der Waals surface area contributed by atoms with Gasteiger partial charge >= 0.3 is 0 Å². The Morgan fingerprint density at radius 3 is 2.31 bits per heavy atom. The highest BCUT2D eigenvalue weighted by Crippen LogP contribution is 2.36. The lowest BCUT2D eigenvalue weighted by Gasteiger charge is -2.43. The molecular formula is C28H31F2N5O. The first-order valence-electron chi connectivity index (χ1n) is 12.7. The number of nitriles is 1. The first-order chi connectivity index (χ1) is 17.3. The molecule has 1 aromatic carbocycles. The molecule has 0 bridgehead atoms. The average Bonchev–Trinajstić information content (AvgIpc) is 2.84. The van der Waals surface area contributed by atoms with Crippen LogP contribution in [-0.2, 0) is 7.05 Å². The van der Waals surface area contributed by atoms with Gasteiger partial charge in [0.2, 0.25) is 0 Å². The number of rotatable bonds is 6. The van der Waals surface area contributed by atoms with Crippen molar-refractivity contribution in [2.24, 2.45) is 13.0 Å². The Kier molecular flexibility index (Phi) is 6.65. The fourth-order valence-electron chi connectivity index (χ4n) is 5.72. The third kappa shape index (κ3) is 4.67. The van der Waals surface area contributed by atoms with Crippen LogP contribution in [0.25, 0.3) is 11.0 Å². The Hall–Kier alpha value is -3.47. The number of anilines is 2. The number of pyridine rings is 2. The Bertz CT molecular complexity index is 1350. The summed E-state index contributed by atoms with van der Waals surface area (Å²) in [6, 6.07) is 11.3. The predicted octanol–water partition coefficient (Wildman–Crippen LogP) is 5.14. The van der Waals surface area contributed by atoms with E-state index < -0.39 is 11.6 Å². The molecule has 3 aromatic rings. The molecule has 0 aliphatic heterocycles. The van der Waals surface area contributed by atoms with E-state index in [1.165, 1.54) is 31.4 Å². The van der Waals surface area contributed by atoms with Crippen LogP contribution < -0.4 is 15.4 Å². The lowest BCUT2D eigenvalue weighted by molar-refractivity contribution is 0.290. The van der Waals surface area contributed by atoms with Crippen molar-refractivity contribution < 1.29 is 8.78 Å². The van der Waals surface area contributed by atoms with Crippen molar-refractivity contribution in [3.8, 4) is 6.07 Å². The summed E-state index contributed by atoms with van der Waals surface area (Å²) in [5.74, 6) is -0.512. The van der Waals surface area contributed by atoms with E-state index in [1.807, 2.05) is 7.05 Å². The number of nitrogens with zero attached hydrogens (tertiary/aromatic N) is 5. The molecule has 0 atom stereocenters. The summed E-state index contributed by atoms with van der Waals surface area (Å²) in [4.78, 5) is 21.5. The number of aromatic nitrogens is 2. The van der Waals surface area contributed by atoms with Gasteiger partial charge in [-0.15, -0.1) is 0 Å². The number of hydrogen-bond acceptors (Lipinski definition) is 5. The van der Waals surface area contributed by atoms with Crippen LogP contribution in [0.5, 0.6) is 0 Å². The molecule has 0 spiro atoms. The normalized spacial score (nSPS) is 20.1. The SMILES string of the molecule is Cn1c(=O)cc(N(C)[C@H]2CC[C@@H](N(CC3CCC3)c3cc(F)cc(F)c3)CC2)c2nc(C#N)ccc21. The fraction of sp³-hybridized carbons (Fsp3) is 0.464. The molecule has 0 radical (unpaired) electrons. The number of aryl methyl sites for hydroxylation is 1. The molecule has 188 valence electrons. The van der Waals surface area contributed by atoms with Gasteiger partial charge in [-0.2, -0.15) is 5.26 Å². The minimum Gasteiger partial charge on any atom is -0.370 e. The van der Waals surface area contributed by atoms with Gasteiger partial charge in [0.05, 0.1) is 11.2 Å². The largest absolute Gasteiger partial charge is 0.370 e. The highest BCUT2D eigenvalue weighted by molar-refractivity contribution is 5.88. The van der Waals surface area contributed by atoms with Crippen LogP contribution in [0.3, 0.4) is 0 Å². The van der Waals surface area contributed by atoms with E-state index in [1.54, 1.807) is 29.8 Å². The maximum absolute atomic E-state index is 14.1. The molecule has 6 nitrogen and oxygen atoms in total. The molecule has 2 saturated carbocycles. The van der Waals surface area contributed by atoms with Crippen LogP contribution in [0.1, 0.15) is 50.6 Å². The zero-order valence-corrected chi connectivity index (χ0v) is 20.8. The Morgan fingerprint density at radius 2 is 1.69 bits per heavy atom. The molecule has 0 amide bonds.